The summed E-state index contributed by atoms with van der Waals surface area (Å²) in [5.74, 6) is -0.459. The van der Waals surface area contributed by atoms with Gasteiger partial charge in [0.25, 0.3) is 5.56 Å². The summed E-state index contributed by atoms with van der Waals surface area (Å²) in [6.07, 6.45) is 0. The van der Waals surface area contributed by atoms with E-state index in [4.69, 9.17) is 16.3 Å². The van der Waals surface area contributed by atoms with Gasteiger partial charge in [0, 0.05) is 27.5 Å². The second kappa shape index (κ2) is 8.16. The second-order valence-corrected chi connectivity index (χ2v) is 9.60. The highest BCUT2D eigenvalue weighted by atomic mass is 35.5. The number of carbonyl (C=O) groups is 1. The van der Waals surface area contributed by atoms with Crippen molar-refractivity contribution < 1.29 is 9.53 Å². The number of hydrogen-bond acceptors (Lipinski definition) is 7. The first-order chi connectivity index (χ1) is 15.4. The van der Waals surface area contributed by atoms with Crippen LogP contribution < -0.4 is 5.56 Å². The molecule has 5 aromatic rings. The Morgan fingerprint density at radius 3 is 2.84 bits per heavy atom. The Balaban J connectivity index is 1.37. The minimum atomic E-state index is -0.459. The number of fused-ring (bicyclic) bond motifs is 2. The maximum atomic E-state index is 12.7. The standard InChI is InChI=1S/C22H17ClN4O3S2/c1-12-11-31-22-24-15(7-19(28)27(12)22)10-30-21(29)18-8-16-13(2)25-26(20(16)32-18)9-14-5-3-4-6-17(14)23/h3-8,11H,9-10H2,1-2H3. The van der Waals surface area contributed by atoms with Gasteiger partial charge in [-0.1, -0.05) is 29.8 Å². The molecule has 0 fully saturated rings. The number of thiazole rings is 1. The molecule has 0 unspecified atom stereocenters. The molecule has 5 rings (SSSR count). The van der Waals surface area contributed by atoms with Gasteiger partial charge in [-0.05, 0) is 31.5 Å². The van der Waals surface area contributed by atoms with Crippen LogP contribution in [0.1, 0.15) is 32.3 Å². The van der Waals surface area contributed by atoms with Crippen LogP contribution in [0.4, 0.5) is 0 Å². The summed E-state index contributed by atoms with van der Waals surface area (Å²) >= 11 is 8.99. The first-order valence-corrected chi connectivity index (χ1v) is 11.8. The van der Waals surface area contributed by atoms with Gasteiger partial charge in [0.05, 0.1) is 17.9 Å². The van der Waals surface area contributed by atoms with E-state index in [2.05, 4.69) is 10.1 Å². The Bertz CT molecular complexity index is 1550. The summed E-state index contributed by atoms with van der Waals surface area (Å²) in [6, 6.07) is 10.8. The predicted octanol–water partition coefficient (Wildman–Crippen LogP) is 4.84. The van der Waals surface area contributed by atoms with Crippen molar-refractivity contribution in [2.24, 2.45) is 0 Å². The molecular formula is C22H17ClN4O3S2. The van der Waals surface area contributed by atoms with Crippen LogP contribution in [0, 0.1) is 13.8 Å². The van der Waals surface area contributed by atoms with E-state index in [0.717, 1.165) is 27.2 Å². The van der Waals surface area contributed by atoms with E-state index in [-0.39, 0.29) is 12.2 Å². The number of aromatic nitrogens is 4. The van der Waals surface area contributed by atoms with Crippen molar-refractivity contribution in [1.82, 2.24) is 19.2 Å². The number of thiophene rings is 1. The quantitative estimate of drug-likeness (QED) is 0.333. The lowest BCUT2D eigenvalue weighted by molar-refractivity contribution is 0.0473. The van der Waals surface area contributed by atoms with Crippen molar-refractivity contribution >= 4 is 55.4 Å². The first kappa shape index (κ1) is 20.9. The van der Waals surface area contributed by atoms with Crippen molar-refractivity contribution in [1.29, 1.82) is 0 Å². The molecule has 1 aromatic carbocycles. The summed E-state index contributed by atoms with van der Waals surface area (Å²) in [5, 5.41) is 8.03. The van der Waals surface area contributed by atoms with E-state index in [9.17, 15) is 9.59 Å². The van der Waals surface area contributed by atoms with Crippen molar-refractivity contribution in [3.05, 3.63) is 84.7 Å². The molecule has 0 bridgehead atoms. The van der Waals surface area contributed by atoms with Crippen LogP contribution >= 0.6 is 34.3 Å². The SMILES string of the molecule is Cc1nn(Cc2ccccc2Cl)c2sc(C(=O)OCc3cc(=O)n4c(C)csc4n3)cc12. The molecule has 0 saturated heterocycles. The second-order valence-electron chi connectivity index (χ2n) is 7.32. The van der Waals surface area contributed by atoms with E-state index < -0.39 is 5.97 Å². The Morgan fingerprint density at radius 2 is 2.03 bits per heavy atom. The van der Waals surface area contributed by atoms with Gasteiger partial charge in [-0.3, -0.25) is 13.9 Å². The third kappa shape index (κ3) is 3.72. The van der Waals surface area contributed by atoms with Gasteiger partial charge >= 0.3 is 5.97 Å². The zero-order valence-corrected chi connectivity index (χ0v) is 19.6. The van der Waals surface area contributed by atoms with Crippen LogP contribution in [-0.4, -0.2) is 25.1 Å². The molecular weight excluding hydrogens is 468 g/mol. The zero-order chi connectivity index (χ0) is 22.4. The summed E-state index contributed by atoms with van der Waals surface area (Å²) in [6.45, 7) is 4.19. The van der Waals surface area contributed by atoms with Gasteiger partial charge in [0.2, 0.25) is 0 Å². The maximum absolute atomic E-state index is 12.7. The molecule has 0 aliphatic rings. The molecule has 162 valence electrons. The smallest absolute Gasteiger partial charge is 0.348 e. The molecule has 0 aliphatic heterocycles. The molecule has 32 heavy (non-hydrogen) atoms. The van der Waals surface area contributed by atoms with Gasteiger partial charge in [-0.2, -0.15) is 5.10 Å². The molecule has 0 N–H and O–H groups in total. The lowest BCUT2D eigenvalue weighted by Gasteiger charge is -2.05. The van der Waals surface area contributed by atoms with Crippen molar-refractivity contribution in [3.63, 3.8) is 0 Å². The summed E-state index contributed by atoms with van der Waals surface area (Å²) in [5.41, 5.74) is 2.85. The normalized spacial score (nSPS) is 11.5. The number of rotatable bonds is 5. The number of carbonyl (C=O) groups excluding carboxylic acids is 1. The van der Waals surface area contributed by atoms with E-state index in [1.807, 2.05) is 48.2 Å². The van der Waals surface area contributed by atoms with Gasteiger partial charge in [-0.15, -0.1) is 22.7 Å². The van der Waals surface area contributed by atoms with E-state index >= 15 is 0 Å². The molecule has 0 aliphatic carbocycles. The van der Waals surface area contributed by atoms with E-state index in [1.165, 1.54) is 33.1 Å². The van der Waals surface area contributed by atoms with Crippen LogP contribution in [-0.2, 0) is 17.9 Å². The first-order valence-electron chi connectivity index (χ1n) is 9.75. The van der Waals surface area contributed by atoms with Gasteiger partial charge < -0.3 is 4.74 Å². The predicted molar refractivity (Wildman–Crippen MR) is 126 cm³/mol. The van der Waals surface area contributed by atoms with Crippen LogP contribution in [0.3, 0.4) is 0 Å². The fraction of sp³-hybridized carbons (Fsp3) is 0.182. The highest BCUT2D eigenvalue weighted by Crippen LogP contribution is 2.30. The van der Waals surface area contributed by atoms with Crippen molar-refractivity contribution in [3.8, 4) is 0 Å². The maximum Gasteiger partial charge on any atom is 0.348 e. The Hall–Kier alpha value is -3.01. The lowest BCUT2D eigenvalue weighted by atomic mass is 10.2. The third-order valence-electron chi connectivity index (χ3n) is 5.07. The number of nitrogens with zero attached hydrogens (tertiary/aromatic N) is 4. The van der Waals surface area contributed by atoms with Gasteiger partial charge in [0.1, 0.15) is 16.3 Å². The van der Waals surface area contributed by atoms with Crippen LogP contribution in [0.25, 0.3) is 15.2 Å². The monoisotopic (exact) mass is 484 g/mol. The van der Waals surface area contributed by atoms with E-state index in [1.54, 1.807) is 6.07 Å². The molecule has 10 heteroatoms. The van der Waals surface area contributed by atoms with E-state index in [0.29, 0.717) is 27.1 Å². The average molecular weight is 485 g/mol. The number of benzene rings is 1. The fourth-order valence-corrected chi connectivity index (χ4v) is 5.63. The van der Waals surface area contributed by atoms with Crippen LogP contribution in [0.15, 0.2) is 46.6 Å². The number of esters is 1. The highest BCUT2D eigenvalue weighted by molar-refractivity contribution is 7.20. The molecule has 0 radical (unpaired) electrons. The number of hydrogen-bond donors (Lipinski definition) is 0. The summed E-state index contributed by atoms with van der Waals surface area (Å²) in [4.78, 5) is 31.4. The minimum Gasteiger partial charge on any atom is -0.455 e. The van der Waals surface area contributed by atoms with Crippen LogP contribution in [0.5, 0.6) is 0 Å². The average Bonchev–Trinajstić information content (AvgIpc) is 3.44. The van der Waals surface area contributed by atoms with Crippen LogP contribution in [0.2, 0.25) is 5.02 Å². The Labute approximate surface area is 195 Å². The topological polar surface area (TPSA) is 78.5 Å². The zero-order valence-electron chi connectivity index (χ0n) is 17.2. The lowest BCUT2D eigenvalue weighted by Crippen LogP contribution is -2.16. The number of aryl methyl sites for hydroxylation is 2. The summed E-state index contributed by atoms with van der Waals surface area (Å²) < 4.78 is 8.84. The van der Waals surface area contributed by atoms with Crippen molar-refractivity contribution in [2.75, 3.05) is 0 Å². The molecule has 4 heterocycles. The Kier molecular flexibility index (Phi) is 5.32. The highest BCUT2D eigenvalue weighted by Gasteiger charge is 2.18. The Morgan fingerprint density at radius 1 is 1.22 bits per heavy atom. The molecule has 0 saturated carbocycles. The number of halogens is 1. The molecule has 0 amide bonds. The molecule has 7 nitrogen and oxygen atoms in total. The number of ether oxygens (including phenoxy) is 1. The fourth-order valence-electron chi connectivity index (χ4n) is 3.49. The summed E-state index contributed by atoms with van der Waals surface area (Å²) in [7, 11) is 0. The minimum absolute atomic E-state index is 0.0690. The van der Waals surface area contributed by atoms with Crippen molar-refractivity contribution in [2.45, 2.75) is 27.0 Å². The van der Waals surface area contributed by atoms with Gasteiger partial charge in [0.15, 0.2) is 4.96 Å². The molecule has 4 aromatic heterocycles. The third-order valence-corrected chi connectivity index (χ3v) is 7.51. The largest absolute Gasteiger partial charge is 0.455 e. The molecule has 0 spiro atoms. The molecule has 0 atom stereocenters. The van der Waals surface area contributed by atoms with Gasteiger partial charge in [-0.25, -0.2) is 9.78 Å².